The average molecular weight is 429 g/mol. The Labute approximate surface area is 177 Å². The molecule has 0 aliphatic carbocycles. The largest absolute Gasteiger partial charge is 0.433 e. The summed E-state index contributed by atoms with van der Waals surface area (Å²) in [7, 11) is 2.06. The highest BCUT2D eigenvalue weighted by Gasteiger charge is 2.32. The van der Waals surface area contributed by atoms with Gasteiger partial charge in [0, 0.05) is 49.5 Å². The first-order valence-corrected chi connectivity index (χ1v) is 9.92. The Kier molecular flexibility index (Phi) is 5.88. The van der Waals surface area contributed by atoms with Crippen LogP contribution in [0, 0.1) is 0 Å². The third kappa shape index (κ3) is 5.18. The number of likely N-dealkylation sites (N-methyl/N-ethyl adjacent to an activating group) is 1. The molecule has 4 rings (SSSR count). The van der Waals surface area contributed by atoms with Crippen LogP contribution in [0.1, 0.15) is 5.69 Å². The van der Waals surface area contributed by atoms with Gasteiger partial charge in [-0.05, 0) is 36.2 Å². The van der Waals surface area contributed by atoms with Crippen molar-refractivity contribution in [2.45, 2.75) is 6.18 Å². The van der Waals surface area contributed by atoms with E-state index in [-0.39, 0.29) is 5.91 Å². The van der Waals surface area contributed by atoms with E-state index in [0.717, 1.165) is 48.6 Å². The van der Waals surface area contributed by atoms with Crippen molar-refractivity contribution >= 4 is 22.5 Å². The Hall–Kier alpha value is -3.04. The van der Waals surface area contributed by atoms with Gasteiger partial charge in [0.25, 0.3) is 0 Å². The number of nitrogens with zero attached hydrogens (tertiary/aromatic N) is 4. The second-order valence-electron chi connectivity index (χ2n) is 7.69. The molecule has 1 amide bonds. The molecule has 1 aliphatic rings. The molecule has 1 N–H and O–H groups in total. The highest BCUT2D eigenvalue weighted by atomic mass is 19.4. The number of benzene rings is 1. The number of alkyl halides is 3. The van der Waals surface area contributed by atoms with E-state index in [1.807, 2.05) is 12.1 Å². The molecule has 0 saturated carbocycles. The Bertz CT molecular complexity index is 1080. The van der Waals surface area contributed by atoms with Crippen molar-refractivity contribution in [1.82, 2.24) is 19.8 Å². The van der Waals surface area contributed by atoms with Crippen LogP contribution >= 0.6 is 0 Å². The number of carbonyl (C=O) groups is 1. The molecule has 1 fully saturated rings. The Morgan fingerprint density at radius 1 is 0.968 bits per heavy atom. The SMILES string of the molecule is CN1CCN(CC(=O)Nc2cc3cc(-c4ccc(C(F)(F)F)nc4)ccc3cn2)CC1. The van der Waals surface area contributed by atoms with Crippen molar-refractivity contribution in [3.05, 3.63) is 54.5 Å². The molecule has 3 aromatic rings. The summed E-state index contributed by atoms with van der Waals surface area (Å²) in [4.78, 5) is 24.5. The molecule has 31 heavy (non-hydrogen) atoms. The molecule has 1 saturated heterocycles. The minimum atomic E-state index is -4.47. The fourth-order valence-electron chi connectivity index (χ4n) is 3.51. The zero-order chi connectivity index (χ0) is 22.0. The molecule has 0 spiro atoms. The van der Waals surface area contributed by atoms with Gasteiger partial charge in [-0.3, -0.25) is 14.7 Å². The van der Waals surface area contributed by atoms with Crippen LogP contribution in [0.25, 0.3) is 21.9 Å². The normalized spacial score (nSPS) is 15.9. The van der Waals surface area contributed by atoms with Crippen molar-refractivity contribution in [3.63, 3.8) is 0 Å². The van der Waals surface area contributed by atoms with Gasteiger partial charge in [-0.1, -0.05) is 18.2 Å². The summed E-state index contributed by atoms with van der Waals surface area (Å²) in [5.74, 6) is 0.314. The first-order valence-electron chi connectivity index (χ1n) is 9.92. The van der Waals surface area contributed by atoms with Gasteiger partial charge in [0.05, 0.1) is 6.54 Å². The van der Waals surface area contributed by atoms with Crippen LogP contribution < -0.4 is 5.32 Å². The van der Waals surface area contributed by atoms with Gasteiger partial charge in [-0.25, -0.2) is 4.98 Å². The van der Waals surface area contributed by atoms with E-state index in [1.165, 1.54) is 12.3 Å². The first-order chi connectivity index (χ1) is 14.8. The number of carbonyl (C=O) groups excluding carboxylic acids is 1. The van der Waals surface area contributed by atoms with Crippen LogP contribution in [-0.4, -0.2) is 65.4 Å². The van der Waals surface area contributed by atoms with Gasteiger partial charge in [0.15, 0.2) is 0 Å². The number of nitrogens with one attached hydrogen (secondary N) is 1. The van der Waals surface area contributed by atoms with Gasteiger partial charge in [0.2, 0.25) is 5.91 Å². The van der Waals surface area contributed by atoms with Gasteiger partial charge in [-0.15, -0.1) is 0 Å². The standard InChI is InChI=1S/C22H22F3N5O/c1-29-6-8-30(9-7-29)14-21(31)28-20-11-18-10-15(2-3-17(18)13-27-20)16-4-5-19(26-12-16)22(23,24)25/h2-5,10-13H,6-9,14H2,1H3,(H,27,28,31). The van der Waals surface area contributed by atoms with Crippen molar-refractivity contribution in [1.29, 1.82) is 0 Å². The molecule has 1 aliphatic heterocycles. The molecule has 0 atom stereocenters. The first kappa shape index (κ1) is 21.2. The van der Waals surface area contributed by atoms with Crippen LogP contribution in [0.4, 0.5) is 19.0 Å². The smallest absolute Gasteiger partial charge is 0.310 e. The lowest BCUT2D eigenvalue weighted by atomic mass is 10.0. The van der Waals surface area contributed by atoms with Crippen molar-refractivity contribution in [3.8, 4) is 11.1 Å². The predicted molar refractivity (Wildman–Crippen MR) is 113 cm³/mol. The number of hydrogen-bond donors (Lipinski definition) is 1. The molecule has 3 heterocycles. The molecular weight excluding hydrogens is 407 g/mol. The number of hydrogen-bond acceptors (Lipinski definition) is 5. The van der Waals surface area contributed by atoms with Gasteiger partial charge >= 0.3 is 6.18 Å². The van der Waals surface area contributed by atoms with Crippen molar-refractivity contribution < 1.29 is 18.0 Å². The maximum Gasteiger partial charge on any atom is 0.433 e. The lowest BCUT2D eigenvalue weighted by molar-refractivity contribution is -0.141. The van der Waals surface area contributed by atoms with Crippen molar-refractivity contribution in [2.75, 3.05) is 45.1 Å². The maximum atomic E-state index is 12.7. The van der Waals surface area contributed by atoms with Crippen LogP contribution in [-0.2, 0) is 11.0 Å². The summed E-state index contributed by atoms with van der Waals surface area (Å²) in [6, 6.07) is 9.62. The molecule has 162 valence electrons. The topological polar surface area (TPSA) is 61.4 Å². The number of amides is 1. The zero-order valence-electron chi connectivity index (χ0n) is 17.0. The number of halogens is 3. The van der Waals surface area contributed by atoms with E-state index in [1.54, 1.807) is 18.3 Å². The summed E-state index contributed by atoms with van der Waals surface area (Å²) in [5, 5.41) is 4.52. The molecule has 0 unspecified atom stereocenters. The Morgan fingerprint density at radius 2 is 1.71 bits per heavy atom. The lowest BCUT2D eigenvalue weighted by Gasteiger charge is -2.31. The highest BCUT2D eigenvalue weighted by Crippen LogP contribution is 2.30. The Morgan fingerprint density at radius 3 is 2.39 bits per heavy atom. The second-order valence-corrected chi connectivity index (χ2v) is 7.69. The molecular formula is C22H22F3N5O. The highest BCUT2D eigenvalue weighted by molar-refractivity contribution is 5.94. The van der Waals surface area contributed by atoms with Gasteiger partial charge in [-0.2, -0.15) is 13.2 Å². The average Bonchev–Trinajstić information content (AvgIpc) is 2.74. The minimum absolute atomic E-state index is 0.125. The summed E-state index contributed by atoms with van der Waals surface area (Å²) in [6.45, 7) is 3.87. The zero-order valence-corrected chi connectivity index (χ0v) is 17.0. The van der Waals surface area contributed by atoms with E-state index in [2.05, 4.69) is 32.1 Å². The van der Waals surface area contributed by atoms with E-state index in [9.17, 15) is 18.0 Å². The number of aromatic nitrogens is 2. The summed E-state index contributed by atoms with van der Waals surface area (Å²) < 4.78 is 38.2. The number of fused-ring (bicyclic) bond motifs is 1. The number of piperazine rings is 1. The fourth-order valence-corrected chi connectivity index (χ4v) is 3.51. The molecule has 6 nitrogen and oxygen atoms in total. The monoisotopic (exact) mass is 429 g/mol. The molecule has 0 bridgehead atoms. The third-order valence-corrected chi connectivity index (χ3v) is 5.34. The Balaban J connectivity index is 1.49. The van der Waals surface area contributed by atoms with Crippen LogP contribution in [0.2, 0.25) is 0 Å². The summed E-state index contributed by atoms with van der Waals surface area (Å²) >= 11 is 0. The van der Waals surface area contributed by atoms with Crippen LogP contribution in [0.15, 0.2) is 48.8 Å². The van der Waals surface area contributed by atoms with Crippen molar-refractivity contribution in [2.24, 2.45) is 0 Å². The maximum absolute atomic E-state index is 12.7. The lowest BCUT2D eigenvalue weighted by Crippen LogP contribution is -2.47. The summed E-state index contributed by atoms with van der Waals surface area (Å²) in [6.07, 6.45) is -1.59. The van der Waals surface area contributed by atoms with E-state index in [4.69, 9.17) is 0 Å². The predicted octanol–water partition coefficient (Wildman–Crippen LogP) is 3.50. The number of rotatable bonds is 4. The van der Waals surface area contributed by atoms with E-state index >= 15 is 0 Å². The minimum Gasteiger partial charge on any atom is -0.310 e. The third-order valence-electron chi connectivity index (χ3n) is 5.34. The molecule has 1 aromatic carbocycles. The van der Waals surface area contributed by atoms with Gasteiger partial charge < -0.3 is 10.2 Å². The van der Waals surface area contributed by atoms with Crippen LogP contribution in [0.5, 0.6) is 0 Å². The molecule has 9 heteroatoms. The second kappa shape index (κ2) is 8.60. The number of pyridine rings is 2. The van der Waals surface area contributed by atoms with E-state index < -0.39 is 11.9 Å². The quantitative estimate of drug-likeness (QED) is 0.688. The fraction of sp³-hybridized carbons (Fsp3) is 0.318. The molecule has 2 aromatic heterocycles. The number of anilines is 1. The van der Waals surface area contributed by atoms with E-state index in [0.29, 0.717) is 17.9 Å². The molecule has 0 radical (unpaired) electrons. The summed E-state index contributed by atoms with van der Waals surface area (Å²) in [5.41, 5.74) is 0.383. The van der Waals surface area contributed by atoms with Crippen LogP contribution in [0.3, 0.4) is 0 Å². The van der Waals surface area contributed by atoms with Gasteiger partial charge in [0.1, 0.15) is 11.5 Å².